The summed E-state index contributed by atoms with van der Waals surface area (Å²) in [7, 11) is -3.52. The number of thiophene rings is 1. The van der Waals surface area contributed by atoms with Crippen LogP contribution in [0.25, 0.3) is 6.08 Å². The zero-order valence-corrected chi connectivity index (χ0v) is 16.5. The van der Waals surface area contributed by atoms with Crippen LogP contribution in [0.4, 0.5) is 0 Å². The van der Waals surface area contributed by atoms with Crippen molar-refractivity contribution in [3.8, 4) is 0 Å². The molecule has 1 amide bonds. The van der Waals surface area contributed by atoms with Gasteiger partial charge in [-0.1, -0.05) is 12.1 Å². The molecule has 26 heavy (non-hydrogen) atoms. The van der Waals surface area contributed by atoms with Crippen LogP contribution in [0.15, 0.2) is 46.7 Å². The van der Waals surface area contributed by atoms with Crippen molar-refractivity contribution >= 4 is 33.3 Å². The lowest BCUT2D eigenvalue weighted by Crippen LogP contribution is -2.50. The van der Waals surface area contributed by atoms with Crippen molar-refractivity contribution in [2.75, 3.05) is 26.2 Å². The second-order valence-electron chi connectivity index (χ2n) is 6.32. The Morgan fingerprint density at radius 3 is 2.42 bits per heavy atom. The Kier molecular flexibility index (Phi) is 5.60. The van der Waals surface area contributed by atoms with Crippen LogP contribution in [0, 0.1) is 13.8 Å². The van der Waals surface area contributed by atoms with Crippen LogP contribution in [-0.2, 0) is 14.8 Å². The topological polar surface area (TPSA) is 57.7 Å². The number of carbonyl (C=O) groups is 1. The first-order chi connectivity index (χ1) is 12.4. The number of rotatable bonds is 4. The minimum absolute atomic E-state index is 0.0818. The summed E-state index contributed by atoms with van der Waals surface area (Å²) in [5.41, 5.74) is 2.02. The number of piperazine rings is 1. The standard InChI is InChI=1S/C19H22N2O3S2/c1-15-5-7-18(14-16(15)2)26(23,24)21-11-9-20(10-12-21)19(22)8-6-17-4-3-13-25-17/h3-8,13-14H,9-12H2,1-2H3/b8-6+. The SMILES string of the molecule is Cc1ccc(S(=O)(=O)N2CCN(C(=O)/C=C/c3cccs3)CC2)cc1C. The van der Waals surface area contributed by atoms with Crippen LogP contribution < -0.4 is 0 Å². The summed E-state index contributed by atoms with van der Waals surface area (Å²) in [5.74, 6) is -0.0818. The number of nitrogens with zero attached hydrogens (tertiary/aromatic N) is 2. The molecule has 1 saturated heterocycles. The van der Waals surface area contributed by atoms with Gasteiger partial charge in [-0.15, -0.1) is 11.3 Å². The molecule has 0 radical (unpaired) electrons. The molecular weight excluding hydrogens is 368 g/mol. The Morgan fingerprint density at radius 2 is 1.81 bits per heavy atom. The molecular formula is C19H22N2O3S2. The van der Waals surface area contributed by atoms with E-state index in [1.54, 1.807) is 40.5 Å². The van der Waals surface area contributed by atoms with Gasteiger partial charge in [0.15, 0.2) is 0 Å². The van der Waals surface area contributed by atoms with E-state index < -0.39 is 10.0 Å². The van der Waals surface area contributed by atoms with Gasteiger partial charge in [0.05, 0.1) is 4.90 Å². The highest BCUT2D eigenvalue weighted by Gasteiger charge is 2.29. The quantitative estimate of drug-likeness (QED) is 0.755. The Bertz CT molecular complexity index is 910. The first kappa shape index (κ1) is 18.8. The smallest absolute Gasteiger partial charge is 0.246 e. The van der Waals surface area contributed by atoms with E-state index in [1.165, 1.54) is 4.31 Å². The van der Waals surface area contributed by atoms with Crippen molar-refractivity contribution < 1.29 is 13.2 Å². The normalized spacial score (nSPS) is 16.3. The predicted octanol–water partition coefficient (Wildman–Crippen LogP) is 2.91. The van der Waals surface area contributed by atoms with E-state index >= 15 is 0 Å². The summed E-state index contributed by atoms with van der Waals surface area (Å²) in [6.45, 7) is 5.29. The Balaban J connectivity index is 1.64. The summed E-state index contributed by atoms with van der Waals surface area (Å²) < 4.78 is 27.1. The number of carbonyl (C=O) groups excluding carboxylic acids is 1. The van der Waals surface area contributed by atoms with Gasteiger partial charge in [0, 0.05) is 37.1 Å². The second kappa shape index (κ2) is 7.73. The molecule has 5 nitrogen and oxygen atoms in total. The zero-order valence-electron chi connectivity index (χ0n) is 14.9. The van der Waals surface area contributed by atoms with Crippen molar-refractivity contribution in [3.05, 3.63) is 57.8 Å². The first-order valence-corrected chi connectivity index (χ1v) is 10.8. The molecule has 0 aliphatic carbocycles. The number of hydrogen-bond donors (Lipinski definition) is 0. The minimum Gasteiger partial charge on any atom is -0.337 e. The van der Waals surface area contributed by atoms with Gasteiger partial charge in [-0.2, -0.15) is 4.31 Å². The molecule has 1 aromatic heterocycles. The van der Waals surface area contributed by atoms with Crippen molar-refractivity contribution in [2.24, 2.45) is 0 Å². The maximum atomic E-state index is 12.8. The molecule has 3 rings (SSSR count). The summed E-state index contributed by atoms with van der Waals surface area (Å²) in [6.07, 6.45) is 3.35. The lowest BCUT2D eigenvalue weighted by molar-refractivity contribution is -0.127. The van der Waals surface area contributed by atoms with Gasteiger partial charge in [-0.3, -0.25) is 4.79 Å². The van der Waals surface area contributed by atoms with Gasteiger partial charge in [-0.05, 0) is 54.6 Å². The molecule has 0 N–H and O–H groups in total. The van der Waals surface area contributed by atoms with Crippen LogP contribution in [0.5, 0.6) is 0 Å². The minimum atomic E-state index is -3.52. The van der Waals surface area contributed by atoms with Gasteiger partial charge in [0.25, 0.3) is 0 Å². The van der Waals surface area contributed by atoms with Crippen LogP contribution in [0.3, 0.4) is 0 Å². The molecule has 0 unspecified atom stereocenters. The largest absolute Gasteiger partial charge is 0.337 e. The predicted molar refractivity (Wildman–Crippen MR) is 105 cm³/mol. The molecule has 1 aliphatic rings. The lowest BCUT2D eigenvalue weighted by Gasteiger charge is -2.33. The van der Waals surface area contributed by atoms with Crippen molar-refractivity contribution in [2.45, 2.75) is 18.7 Å². The van der Waals surface area contributed by atoms with Crippen molar-refractivity contribution in [1.82, 2.24) is 9.21 Å². The third-order valence-electron chi connectivity index (χ3n) is 4.60. The Hall–Kier alpha value is -1.96. The van der Waals surface area contributed by atoms with E-state index in [-0.39, 0.29) is 5.91 Å². The van der Waals surface area contributed by atoms with E-state index in [9.17, 15) is 13.2 Å². The molecule has 2 aromatic rings. The lowest BCUT2D eigenvalue weighted by atomic mass is 10.1. The van der Waals surface area contributed by atoms with Crippen LogP contribution in [-0.4, -0.2) is 49.7 Å². The number of aryl methyl sites for hydroxylation is 2. The highest BCUT2D eigenvalue weighted by molar-refractivity contribution is 7.89. The number of sulfonamides is 1. The number of amides is 1. The monoisotopic (exact) mass is 390 g/mol. The summed E-state index contributed by atoms with van der Waals surface area (Å²) in [6, 6.07) is 9.08. The van der Waals surface area contributed by atoms with Crippen LogP contribution in [0.1, 0.15) is 16.0 Å². The molecule has 1 aliphatic heterocycles. The van der Waals surface area contributed by atoms with Gasteiger partial charge in [-0.25, -0.2) is 8.42 Å². The zero-order chi connectivity index (χ0) is 18.7. The maximum Gasteiger partial charge on any atom is 0.246 e. The van der Waals surface area contributed by atoms with Crippen LogP contribution >= 0.6 is 11.3 Å². The Morgan fingerprint density at radius 1 is 1.08 bits per heavy atom. The molecule has 0 atom stereocenters. The fraction of sp³-hybridized carbons (Fsp3) is 0.316. The Labute approximate surface area is 158 Å². The average molecular weight is 391 g/mol. The molecule has 1 aromatic carbocycles. The van der Waals surface area contributed by atoms with E-state index in [0.717, 1.165) is 16.0 Å². The second-order valence-corrected chi connectivity index (χ2v) is 9.24. The highest BCUT2D eigenvalue weighted by atomic mass is 32.2. The molecule has 1 fully saturated rings. The molecule has 0 bridgehead atoms. The third-order valence-corrected chi connectivity index (χ3v) is 7.33. The van der Waals surface area contributed by atoms with Gasteiger partial charge in [0.1, 0.15) is 0 Å². The number of benzene rings is 1. The average Bonchev–Trinajstić information content (AvgIpc) is 3.15. The van der Waals surface area contributed by atoms with E-state index in [4.69, 9.17) is 0 Å². The van der Waals surface area contributed by atoms with Gasteiger partial charge >= 0.3 is 0 Å². The van der Waals surface area contributed by atoms with E-state index in [1.807, 2.05) is 37.4 Å². The molecule has 0 spiro atoms. The molecule has 7 heteroatoms. The first-order valence-electron chi connectivity index (χ1n) is 8.46. The molecule has 0 saturated carbocycles. The van der Waals surface area contributed by atoms with Gasteiger partial charge < -0.3 is 4.90 Å². The summed E-state index contributed by atoms with van der Waals surface area (Å²) in [4.78, 5) is 15.3. The fourth-order valence-corrected chi connectivity index (χ4v) is 4.94. The van der Waals surface area contributed by atoms with Crippen LogP contribution in [0.2, 0.25) is 0 Å². The molecule has 2 heterocycles. The van der Waals surface area contributed by atoms with Crippen molar-refractivity contribution in [1.29, 1.82) is 0 Å². The highest BCUT2D eigenvalue weighted by Crippen LogP contribution is 2.20. The summed E-state index contributed by atoms with van der Waals surface area (Å²) >= 11 is 1.57. The van der Waals surface area contributed by atoms with E-state index in [2.05, 4.69) is 0 Å². The summed E-state index contributed by atoms with van der Waals surface area (Å²) in [5, 5.41) is 1.96. The fourth-order valence-electron chi connectivity index (χ4n) is 2.82. The van der Waals surface area contributed by atoms with E-state index in [0.29, 0.717) is 31.1 Å². The molecule has 138 valence electrons. The van der Waals surface area contributed by atoms with Gasteiger partial charge in [0.2, 0.25) is 15.9 Å². The maximum absolute atomic E-state index is 12.8. The van der Waals surface area contributed by atoms with Crippen molar-refractivity contribution in [3.63, 3.8) is 0 Å². The number of hydrogen-bond acceptors (Lipinski definition) is 4. The third kappa shape index (κ3) is 4.06.